The molecular weight excluding hydrogens is 290 g/mol. The van der Waals surface area contributed by atoms with Crippen molar-refractivity contribution < 1.29 is 18.1 Å². The van der Waals surface area contributed by atoms with E-state index in [1.54, 1.807) is 11.8 Å². The minimum absolute atomic E-state index is 0.0682. The molecule has 0 radical (unpaired) electrons. The number of hydrogen-bond acceptors (Lipinski definition) is 3. The third-order valence-electron chi connectivity index (χ3n) is 3.91. The number of nitrogens with zero attached hydrogens (tertiary/aromatic N) is 2. The maximum atomic E-state index is 14.0. The fourth-order valence-corrected chi connectivity index (χ4v) is 2.74. The molecule has 116 valence electrons. The lowest BCUT2D eigenvalue weighted by Gasteiger charge is -2.26. The van der Waals surface area contributed by atoms with Crippen LogP contribution in [0.2, 0.25) is 0 Å². The number of hydrogen-bond donors (Lipinski definition) is 0. The molecule has 1 aliphatic rings. The highest BCUT2D eigenvalue weighted by Gasteiger charge is 2.28. The average molecular weight is 306 g/mol. The summed E-state index contributed by atoms with van der Waals surface area (Å²) >= 11 is 0. The summed E-state index contributed by atoms with van der Waals surface area (Å²) in [6.45, 7) is 2.97. The van der Waals surface area contributed by atoms with Gasteiger partial charge in [-0.2, -0.15) is 0 Å². The molecule has 2 heterocycles. The van der Waals surface area contributed by atoms with Gasteiger partial charge in [0.2, 0.25) is 0 Å². The molecule has 0 N–H and O–H groups in total. The minimum Gasteiger partial charge on any atom is -0.360 e. The fourth-order valence-electron chi connectivity index (χ4n) is 2.74. The van der Waals surface area contributed by atoms with E-state index in [0.29, 0.717) is 18.8 Å². The van der Waals surface area contributed by atoms with Gasteiger partial charge in [0.25, 0.3) is 5.91 Å². The lowest BCUT2D eigenvalue weighted by Crippen LogP contribution is -2.36. The van der Waals surface area contributed by atoms with Gasteiger partial charge in [-0.05, 0) is 38.3 Å². The molecule has 2 aromatic rings. The molecule has 1 amide bonds. The predicted molar refractivity (Wildman–Crippen MR) is 76.3 cm³/mol. The van der Waals surface area contributed by atoms with Crippen molar-refractivity contribution in [1.29, 1.82) is 0 Å². The van der Waals surface area contributed by atoms with E-state index in [9.17, 15) is 13.6 Å². The number of carbonyl (C=O) groups is 1. The summed E-state index contributed by atoms with van der Waals surface area (Å²) in [6, 6.07) is 3.18. The summed E-state index contributed by atoms with van der Waals surface area (Å²) in [5.41, 5.74) is 0.455. The highest BCUT2D eigenvalue weighted by atomic mass is 19.1. The number of likely N-dealkylation sites (tertiary alicyclic amines) is 1. The Bertz CT molecular complexity index is 706. The van der Waals surface area contributed by atoms with E-state index in [1.807, 2.05) is 0 Å². The Kier molecular flexibility index (Phi) is 3.92. The number of amides is 1. The molecule has 1 aromatic carbocycles. The molecule has 6 heteroatoms. The molecule has 0 saturated carbocycles. The van der Waals surface area contributed by atoms with Crippen molar-refractivity contribution in [2.45, 2.75) is 26.2 Å². The van der Waals surface area contributed by atoms with Crippen molar-refractivity contribution in [3.63, 3.8) is 0 Å². The van der Waals surface area contributed by atoms with Crippen LogP contribution >= 0.6 is 0 Å². The van der Waals surface area contributed by atoms with Crippen LogP contribution in [-0.4, -0.2) is 29.1 Å². The van der Waals surface area contributed by atoms with Crippen molar-refractivity contribution in [2.24, 2.45) is 0 Å². The zero-order chi connectivity index (χ0) is 15.7. The summed E-state index contributed by atoms with van der Waals surface area (Å²) in [7, 11) is 0. The van der Waals surface area contributed by atoms with Gasteiger partial charge in [0.05, 0.1) is 0 Å². The Morgan fingerprint density at radius 1 is 1.23 bits per heavy atom. The van der Waals surface area contributed by atoms with Crippen LogP contribution in [-0.2, 0) is 0 Å². The maximum Gasteiger partial charge on any atom is 0.259 e. The van der Waals surface area contributed by atoms with Crippen LogP contribution in [0.3, 0.4) is 0 Å². The van der Waals surface area contributed by atoms with E-state index in [4.69, 9.17) is 4.52 Å². The van der Waals surface area contributed by atoms with E-state index < -0.39 is 11.6 Å². The average Bonchev–Trinajstić information content (AvgIpc) is 2.89. The third kappa shape index (κ3) is 2.61. The summed E-state index contributed by atoms with van der Waals surface area (Å²) in [4.78, 5) is 14.4. The van der Waals surface area contributed by atoms with E-state index >= 15 is 0 Å². The normalized spacial score (nSPS) is 15.1. The molecule has 1 saturated heterocycles. The predicted octanol–water partition coefficient (Wildman–Crippen LogP) is 3.55. The van der Waals surface area contributed by atoms with Gasteiger partial charge >= 0.3 is 0 Å². The molecule has 4 nitrogen and oxygen atoms in total. The second-order valence-corrected chi connectivity index (χ2v) is 5.44. The van der Waals surface area contributed by atoms with Crippen LogP contribution in [0.4, 0.5) is 8.78 Å². The Labute approximate surface area is 126 Å². The summed E-state index contributed by atoms with van der Waals surface area (Å²) in [5.74, 6) is -1.31. The van der Waals surface area contributed by atoms with Gasteiger partial charge < -0.3 is 9.42 Å². The number of halogens is 2. The summed E-state index contributed by atoms with van der Waals surface area (Å²) in [6.07, 6.45) is 3.01. The Balaban J connectivity index is 2.02. The van der Waals surface area contributed by atoms with E-state index in [2.05, 4.69) is 5.16 Å². The highest BCUT2D eigenvalue weighted by molar-refractivity contribution is 6.00. The number of aromatic nitrogens is 1. The van der Waals surface area contributed by atoms with E-state index in [-0.39, 0.29) is 22.7 Å². The molecule has 0 unspecified atom stereocenters. The smallest absolute Gasteiger partial charge is 0.259 e. The monoisotopic (exact) mass is 306 g/mol. The SMILES string of the molecule is Cc1onc(-c2ccc(F)cc2F)c1C(=O)N1CCCCC1. The molecule has 0 spiro atoms. The lowest BCUT2D eigenvalue weighted by molar-refractivity contribution is 0.0723. The van der Waals surface area contributed by atoms with Gasteiger partial charge in [0.1, 0.15) is 28.7 Å². The fraction of sp³-hybridized carbons (Fsp3) is 0.375. The number of rotatable bonds is 2. The highest BCUT2D eigenvalue weighted by Crippen LogP contribution is 2.29. The quantitative estimate of drug-likeness (QED) is 0.852. The number of benzene rings is 1. The molecule has 0 atom stereocenters. The Morgan fingerprint density at radius 3 is 2.64 bits per heavy atom. The molecule has 1 aliphatic heterocycles. The second kappa shape index (κ2) is 5.87. The van der Waals surface area contributed by atoms with Gasteiger partial charge in [0, 0.05) is 24.7 Å². The molecule has 1 fully saturated rings. The maximum absolute atomic E-state index is 14.0. The van der Waals surface area contributed by atoms with Crippen LogP contribution in [0.5, 0.6) is 0 Å². The van der Waals surface area contributed by atoms with Crippen molar-refractivity contribution in [3.05, 3.63) is 41.2 Å². The summed E-state index contributed by atoms with van der Waals surface area (Å²) < 4.78 is 32.1. The largest absolute Gasteiger partial charge is 0.360 e. The first-order chi connectivity index (χ1) is 10.6. The van der Waals surface area contributed by atoms with Crippen molar-refractivity contribution in [2.75, 3.05) is 13.1 Å². The minimum atomic E-state index is -0.763. The summed E-state index contributed by atoms with van der Waals surface area (Å²) in [5, 5.41) is 3.81. The standard InChI is InChI=1S/C16H16F2N2O2/c1-10-14(16(21)20-7-3-2-4-8-20)15(19-22-10)12-6-5-11(17)9-13(12)18/h5-6,9H,2-4,7-8H2,1H3. The number of carbonyl (C=O) groups excluding carboxylic acids is 1. The lowest BCUT2D eigenvalue weighted by atomic mass is 10.0. The molecule has 22 heavy (non-hydrogen) atoms. The molecule has 3 rings (SSSR count). The van der Waals surface area contributed by atoms with E-state index in [0.717, 1.165) is 31.4 Å². The van der Waals surface area contributed by atoms with Gasteiger partial charge in [-0.15, -0.1) is 0 Å². The van der Waals surface area contributed by atoms with Crippen LogP contribution in [0, 0.1) is 18.6 Å². The first kappa shape index (κ1) is 14.7. The zero-order valence-corrected chi connectivity index (χ0v) is 12.2. The van der Waals surface area contributed by atoms with Crippen LogP contribution in [0.25, 0.3) is 11.3 Å². The number of piperidine rings is 1. The first-order valence-electron chi connectivity index (χ1n) is 7.29. The first-order valence-corrected chi connectivity index (χ1v) is 7.29. The topological polar surface area (TPSA) is 46.3 Å². The molecule has 0 aliphatic carbocycles. The van der Waals surface area contributed by atoms with Gasteiger partial charge in [-0.3, -0.25) is 4.79 Å². The number of aryl methyl sites for hydroxylation is 1. The van der Waals surface area contributed by atoms with E-state index in [1.165, 1.54) is 6.07 Å². The van der Waals surface area contributed by atoms with Gasteiger partial charge in [-0.25, -0.2) is 8.78 Å². The van der Waals surface area contributed by atoms with Crippen LogP contribution in [0.1, 0.15) is 35.4 Å². The second-order valence-electron chi connectivity index (χ2n) is 5.44. The third-order valence-corrected chi connectivity index (χ3v) is 3.91. The molecule has 0 bridgehead atoms. The Morgan fingerprint density at radius 2 is 1.95 bits per heavy atom. The van der Waals surface area contributed by atoms with Crippen molar-refractivity contribution in [3.8, 4) is 11.3 Å². The Hall–Kier alpha value is -2.24. The van der Waals surface area contributed by atoms with Gasteiger partial charge in [-0.1, -0.05) is 5.16 Å². The van der Waals surface area contributed by atoms with Crippen molar-refractivity contribution in [1.82, 2.24) is 10.1 Å². The van der Waals surface area contributed by atoms with Crippen molar-refractivity contribution >= 4 is 5.91 Å². The molecular formula is C16H16F2N2O2. The zero-order valence-electron chi connectivity index (χ0n) is 12.2. The molecule has 1 aromatic heterocycles. The van der Waals surface area contributed by atoms with Crippen LogP contribution < -0.4 is 0 Å². The van der Waals surface area contributed by atoms with Gasteiger partial charge in [0.15, 0.2) is 0 Å². The van der Waals surface area contributed by atoms with Crippen LogP contribution in [0.15, 0.2) is 22.7 Å².